The molecule has 100 valence electrons. The average molecular weight is 252 g/mol. The summed E-state index contributed by atoms with van der Waals surface area (Å²) in [4.78, 5) is 15.8. The maximum atomic E-state index is 11.8. The third-order valence-corrected chi connectivity index (χ3v) is 2.26. The summed E-state index contributed by atoms with van der Waals surface area (Å²) in [5.74, 6) is 0.739. The van der Waals surface area contributed by atoms with Crippen LogP contribution in [0.25, 0.3) is 0 Å². The molecule has 1 atom stereocenters. The molecule has 5 nitrogen and oxygen atoms in total. The summed E-state index contributed by atoms with van der Waals surface area (Å²) in [6.45, 7) is 6.38. The Bertz CT molecular complexity index is 376. The van der Waals surface area contributed by atoms with Gasteiger partial charge in [0.1, 0.15) is 6.10 Å². The molecule has 0 aliphatic carbocycles. The fraction of sp³-hybridized carbons (Fsp3) is 0.538. The molecule has 0 aromatic carbocycles. The number of methoxy groups -OCH3 is 1. The highest BCUT2D eigenvalue weighted by atomic mass is 16.5. The molecule has 1 aromatic rings. The predicted octanol–water partition coefficient (Wildman–Crippen LogP) is 2.09. The summed E-state index contributed by atoms with van der Waals surface area (Å²) in [5, 5.41) is 2.73. The Balaban J connectivity index is 2.47. The van der Waals surface area contributed by atoms with Gasteiger partial charge in [0.2, 0.25) is 5.88 Å². The molecule has 1 rings (SSSR count). The fourth-order valence-electron chi connectivity index (χ4n) is 1.23. The van der Waals surface area contributed by atoms with Crippen LogP contribution >= 0.6 is 0 Å². The van der Waals surface area contributed by atoms with Crippen molar-refractivity contribution in [3.05, 3.63) is 18.3 Å². The van der Waals surface area contributed by atoms with E-state index in [-0.39, 0.29) is 5.91 Å². The van der Waals surface area contributed by atoms with E-state index in [1.165, 1.54) is 0 Å². The van der Waals surface area contributed by atoms with Gasteiger partial charge in [-0.05, 0) is 18.9 Å². The van der Waals surface area contributed by atoms with E-state index in [4.69, 9.17) is 9.47 Å². The van der Waals surface area contributed by atoms with Crippen molar-refractivity contribution in [2.75, 3.05) is 19.0 Å². The molecule has 1 N–H and O–H groups in total. The first-order valence-corrected chi connectivity index (χ1v) is 5.95. The van der Waals surface area contributed by atoms with Gasteiger partial charge in [0.15, 0.2) is 0 Å². The number of anilines is 1. The second-order valence-electron chi connectivity index (χ2n) is 4.45. The number of aromatic nitrogens is 1. The lowest BCUT2D eigenvalue weighted by Gasteiger charge is -2.14. The van der Waals surface area contributed by atoms with E-state index < -0.39 is 6.10 Å². The molecule has 1 heterocycles. The van der Waals surface area contributed by atoms with Crippen LogP contribution in [0.3, 0.4) is 0 Å². The van der Waals surface area contributed by atoms with Crippen LogP contribution in [-0.4, -0.2) is 30.7 Å². The molecule has 1 aromatic heterocycles. The molecule has 0 aliphatic heterocycles. The van der Waals surface area contributed by atoms with Crippen LogP contribution in [-0.2, 0) is 9.53 Å². The molecule has 0 spiro atoms. The van der Waals surface area contributed by atoms with E-state index in [0.717, 1.165) is 0 Å². The van der Waals surface area contributed by atoms with Crippen LogP contribution < -0.4 is 10.1 Å². The van der Waals surface area contributed by atoms with E-state index in [0.29, 0.717) is 24.1 Å². The zero-order valence-corrected chi connectivity index (χ0v) is 11.3. The molecular formula is C13H20N2O3. The van der Waals surface area contributed by atoms with Crippen molar-refractivity contribution in [1.29, 1.82) is 0 Å². The summed E-state index contributed by atoms with van der Waals surface area (Å²) in [6, 6.07) is 3.42. The number of pyridine rings is 1. The van der Waals surface area contributed by atoms with Crippen molar-refractivity contribution >= 4 is 11.6 Å². The number of carbonyl (C=O) groups excluding carboxylic acids is 1. The lowest BCUT2D eigenvalue weighted by atomic mass is 10.2. The second-order valence-corrected chi connectivity index (χ2v) is 4.45. The van der Waals surface area contributed by atoms with Gasteiger partial charge in [-0.1, -0.05) is 13.8 Å². The van der Waals surface area contributed by atoms with Crippen LogP contribution in [0, 0.1) is 5.92 Å². The molecule has 0 saturated heterocycles. The highest BCUT2D eigenvalue weighted by molar-refractivity contribution is 5.93. The highest BCUT2D eigenvalue weighted by Gasteiger charge is 2.14. The minimum atomic E-state index is -0.477. The van der Waals surface area contributed by atoms with Crippen LogP contribution in [0.2, 0.25) is 0 Å². The Morgan fingerprint density at radius 2 is 2.11 bits per heavy atom. The Labute approximate surface area is 108 Å². The molecule has 0 bridgehead atoms. The van der Waals surface area contributed by atoms with E-state index in [1.807, 2.05) is 13.8 Å². The quantitative estimate of drug-likeness (QED) is 0.842. The molecular weight excluding hydrogens is 232 g/mol. The molecule has 18 heavy (non-hydrogen) atoms. The van der Waals surface area contributed by atoms with E-state index in [9.17, 15) is 4.79 Å². The lowest BCUT2D eigenvalue weighted by molar-refractivity contribution is -0.126. The molecule has 0 fully saturated rings. The van der Waals surface area contributed by atoms with Crippen molar-refractivity contribution in [3.8, 4) is 5.88 Å². The van der Waals surface area contributed by atoms with Crippen molar-refractivity contribution in [1.82, 2.24) is 4.98 Å². The minimum absolute atomic E-state index is 0.178. The fourth-order valence-corrected chi connectivity index (χ4v) is 1.23. The Morgan fingerprint density at radius 3 is 2.61 bits per heavy atom. The molecule has 0 unspecified atom stereocenters. The maximum absolute atomic E-state index is 11.8. The van der Waals surface area contributed by atoms with Crippen LogP contribution in [0.15, 0.2) is 18.3 Å². The number of hydrogen-bond donors (Lipinski definition) is 1. The monoisotopic (exact) mass is 252 g/mol. The number of nitrogens with zero attached hydrogens (tertiary/aromatic N) is 1. The first kappa shape index (κ1) is 14.4. The average Bonchev–Trinajstić information content (AvgIpc) is 2.36. The molecule has 0 saturated carbocycles. The van der Waals surface area contributed by atoms with Crippen molar-refractivity contribution in [2.24, 2.45) is 5.92 Å². The van der Waals surface area contributed by atoms with E-state index >= 15 is 0 Å². The zero-order valence-electron chi connectivity index (χ0n) is 11.3. The standard InChI is InChI=1S/C13H20N2O3/c1-9(2)8-18-10(3)13(16)15-11-5-6-12(17-4)14-7-11/h5-7,9-10H,8H2,1-4H3,(H,15,16)/t10-/m0/s1. The minimum Gasteiger partial charge on any atom is -0.481 e. The van der Waals surface area contributed by atoms with Crippen molar-refractivity contribution < 1.29 is 14.3 Å². The van der Waals surface area contributed by atoms with Crippen LogP contribution in [0.5, 0.6) is 5.88 Å². The van der Waals surface area contributed by atoms with Crippen LogP contribution in [0.1, 0.15) is 20.8 Å². The first-order chi connectivity index (χ1) is 8.52. The van der Waals surface area contributed by atoms with Gasteiger partial charge < -0.3 is 14.8 Å². The highest BCUT2D eigenvalue weighted by Crippen LogP contribution is 2.11. The largest absolute Gasteiger partial charge is 0.481 e. The summed E-state index contributed by atoms with van der Waals surface area (Å²) >= 11 is 0. The number of nitrogens with one attached hydrogen (secondary N) is 1. The summed E-state index contributed by atoms with van der Waals surface area (Å²) in [5.41, 5.74) is 0.626. The van der Waals surface area contributed by atoms with Crippen molar-refractivity contribution in [2.45, 2.75) is 26.9 Å². The normalized spacial score (nSPS) is 12.3. The second kappa shape index (κ2) is 6.96. The Hall–Kier alpha value is -1.62. The topological polar surface area (TPSA) is 60.5 Å². The van der Waals surface area contributed by atoms with E-state index in [1.54, 1.807) is 32.4 Å². The van der Waals surface area contributed by atoms with Gasteiger partial charge in [0.25, 0.3) is 5.91 Å². The van der Waals surface area contributed by atoms with Gasteiger partial charge in [-0.15, -0.1) is 0 Å². The predicted molar refractivity (Wildman–Crippen MR) is 69.7 cm³/mol. The van der Waals surface area contributed by atoms with Gasteiger partial charge in [0.05, 0.1) is 19.0 Å². The Morgan fingerprint density at radius 1 is 1.39 bits per heavy atom. The molecule has 0 aliphatic rings. The summed E-state index contributed by atoms with van der Waals surface area (Å²) < 4.78 is 10.4. The number of ether oxygens (including phenoxy) is 2. The number of amides is 1. The Kier molecular flexibility index (Phi) is 5.58. The summed E-state index contributed by atoms with van der Waals surface area (Å²) in [7, 11) is 1.54. The van der Waals surface area contributed by atoms with Gasteiger partial charge in [-0.3, -0.25) is 4.79 Å². The van der Waals surface area contributed by atoms with Crippen molar-refractivity contribution in [3.63, 3.8) is 0 Å². The number of hydrogen-bond acceptors (Lipinski definition) is 4. The molecule has 1 amide bonds. The number of rotatable bonds is 6. The summed E-state index contributed by atoms with van der Waals surface area (Å²) in [6.07, 6.45) is 1.07. The zero-order chi connectivity index (χ0) is 13.5. The maximum Gasteiger partial charge on any atom is 0.253 e. The van der Waals surface area contributed by atoms with Gasteiger partial charge in [-0.2, -0.15) is 0 Å². The smallest absolute Gasteiger partial charge is 0.253 e. The van der Waals surface area contributed by atoms with Gasteiger partial charge in [-0.25, -0.2) is 4.98 Å². The van der Waals surface area contributed by atoms with E-state index in [2.05, 4.69) is 10.3 Å². The van der Waals surface area contributed by atoms with Gasteiger partial charge in [0, 0.05) is 12.7 Å². The molecule has 0 radical (unpaired) electrons. The van der Waals surface area contributed by atoms with Gasteiger partial charge >= 0.3 is 0 Å². The third kappa shape index (κ3) is 4.71. The lowest BCUT2D eigenvalue weighted by Crippen LogP contribution is -2.28. The molecule has 5 heteroatoms. The SMILES string of the molecule is COc1ccc(NC(=O)[C@H](C)OCC(C)C)cn1. The first-order valence-electron chi connectivity index (χ1n) is 5.95. The third-order valence-electron chi connectivity index (χ3n) is 2.26. The van der Waals surface area contributed by atoms with Crippen LogP contribution in [0.4, 0.5) is 5.69 Å². The number of carbonyl (C=O) groups is 1.